The molecule has 2 atom stereocenters. The van der Waals surface area contributed by atoms with Gasteiger partial charge in [0.15, 0.2) is 0 Å². The van der Waals surface area contributed by atoms with Crippen LogP contribution >= 0.6 is 0 Å². The zero-order valence-corrected chi connectivity index (χ0v) is 11.3. The number of hydrogen-bond acceptors (Lipinski definition) is 4. The molecule has 1 aliphatic rings. The molecule has 0 radical (unpaired) electrons. The fraction of sp³-hybridized carbons (Fsp3) is 1.00. The van der Waals surface area contributed by atoms with E-state index >= 15 is 0 Å². The fourth-order valence-electron chi connectivity index (χ4n) is 2.30. The van der Waals surface area contributed by atoms with Crippen molar-refractivity contribution < 1.29 is 9.47 Å². The molecule has 1 heterocycles. The van der Waals surface area contributed by atoms with Crippen LogP contribution in [0, 0.1) is 5.92 Å². The third-order valence-corrected chi connectivity index (χ3v) is 3.35. The molecule has 4 heteroatoms. The van der Waals surface area contributed by atoms with E-state index in [1.54, 1.807) is 7.11 Å². The molecule has 0 aromatic rings. The molecule has 17 heavy (non-hydrogen) atoms. The van der Waals surface area contributed by atoms with Gasteiger partial charge in [-0.15, -0.1) is 0 Å². The second-order valence-electron chi connectivity index (χ2n) is 4.67. The van der Waals surface area contributed by atoms with E-state index in [1.165, 1.54) is 12.8 Å². The Hall–Kier alpha value is -0.160. The van der Waals surface area contributed by atoms with Gasteiger partial charge < -0.3 is 20.1 Å². The summed E-state index contributed by atoms with van der Waals surface area (Å²) >= 11 is 0. The van der Waals surface area contributed by atoms with Gasteiger partial charge in [0.25, 0.3) is 0 Å². The van der Waals surface area contributed by atoms with Crippen LogP contribution in [0.3, 0.4) is 0 Å². The lowest BCUT2D eigenvalue weighted by molar-refractivity contribution is 0.0873. The number of hydrogen-bond donors (Lipinski definition) is 2. The Morgan fingerprint density at radius 2 is 2.06 bits per heavy atom. The lowest BCUT2D eigenvalue weighted by atomic mass is 10.00. The Labute approximate surface area is 105 Å². The largest absolute Gasteiger partial charge is 0.383 e. The second-order valence-corrected chi connectivity index (χ2v) is 4.67. The zero-order valence-electron chi connectivity index (χ0n) is 11.3. The van der Waals surface area contributed by atoms with Crippen LogP contribution in [0.5, 0.6) is 0 Å². The summed E-state index contributed by atoms with van der Waals surface area (Å²) in [7, 11) is 1.73. The summed E-state index contributed by atoms with van der Waals surface area (Å²) in [6, 6.07) is 0. The molecule has 0 saturated carbocycles. The van der Waals surface area contributed by atoms with Crippen LogP contribution in [0.25, 0.3) is 0 Å². The van der Waals surface area contributed by atoms with Crippen molar-refractivity contribution in [2.24, 2.45) is 5.92 Å². The van der Waals surface area contributed by atoms with Crippen molar-refractivity contribution in [3.8, 4) is 0 Å². The maximum atomic E-state index is 5.67. The summed E-state index contributed by atoms with van der Waals surface area (Å²) in [6.45, 7) is 8.17. The van der Waals surface area contributed by atoms with Gasteiger partial charge in [-0.3, -0.25) is 0 Å². The summed E-state index contributed by atoms with van der Waals surface area (Å²) in [5.74, 6) is 0.724. The van der Waals surface area contributed by atoms with Crippen LogP contribution in [0.2, 0.25) is 0 Å². The highest BCUT2D eigenvalue weighted by atomic mass is 16.5. The van der Waals surface area contributed by atoms with Gasteiger partial charge in [-0.05, 0) is 38.3 Å². The molecule has 4 nitrogen and oxygen atoms in total. The van der Waals surface area contributed by atoms with Crippen LogP contribution in [-0.2, 0) is 9.47 Å². The predicted molar refractivity (Wildman–Crippen MR) is 70.4 cm³/mol. The first-order valence-electron chi connectivity index (χ1n) is 6.90. The molecule has 1 fully saturated rings. The van der Waals surface area contributed by atoms with Gasteiger partial charge in [0.05, 0.1) is 12.7 Å². The Bertz CT molecular complexity index is 179. The third-order valence-electron chi connectivity index (χ3n) is 3.35. The minimum Gasteiger partial charge on any atom is -0.383 e. The topological polar surface area (TPSA) is 42.5 Å². The summed E-state index contributed by atoms with van der Waals surface area (Å²) in [4.78, 5) is 0. The van der Waals surface area contributed by atoms with Crippen molar-refractivity contribution in [3.63, 3.8) is 0 Å². The van der Waals surface area contributed by atoms with Gasteiger partial charge in [0.2, 0.25) is 0 Å². The maximum absolute atomic E-state index is 5.67. The van der Waals surface area contributed by atoms with Crippen LogP contribution < -0.4 is 10.6 Å². The molecule has 102 valence electrons. The van der Waals surface area contributed by atoms with E-state index in [1.807, 2.05) is 0 Å². The highest BCUT2D eigenvalue weighted by Crippen LogP contribution is 2.22. The zero-order chi connectivity index (χ0) is 12.3. The lowest BCUT2D eigenvalue weighted by Crippen LogP contribution is -2.30. The van der Waals surface area contributed by atoms with E-state index < -0.39 is 0 Å². The molecule has 0 spiro atoms. The molecular weight excluding hydrogens is 216 g/mol. The predicted octanol–water partition coefficient (Wildman–Crippen LogP) is 1.02. The first-order chi connectivity index (χ1) is 8.38. The summed E-state index contributed by atoms with van der Waals surface area (Å²) in [6.07, 6.45) is 4.03. The minimum absolute atomic E-state index is 0.488. The summed E-state index contributed by atoms with van der Waals surface area (Å²) in [5.41, 5.74) is 0. The van der Waals surface area contributed by atoms with E-state index in [4.69, 9.17) is 9.47 Å². The fourth-order valence-corrected chi connectivity index (χ4v) is 2.30. The minimum atomic E-state index is 0.488. The molecule has 2 N–H and O–H groups in total. The standard InChI is InChI=1S/C13H28N2O2/c1-3-13-12(5-9-17-13)11-15-7-4-6-14-8-10-16-2/h12-15H,3-11H2,1-2H3. The smallest absolute Gasteiger partial charge is 0.0613 e. The third kappa shape index (κ3) is 6.36. The van der Waals surface area contributed by atoms with Crippen LogP contribution in [0.1, 0.15) is 26.2 Å². The number of ether oxygens (including phenoxy) is 2. The molecule has 1 saturated heterocycles. The van der Waals surface area contributed by atoms with Crippen molar-refractivity contribution in [1.29, 1.82) is 0 Å². The van der Waals surface area contributed by atoms with E-state index in [2.05, 4.69) is 17.6 Å². The Balaban J connectivity index is 1.87. The van der Waals surface area contributed by atoms with E-state index in [0.29, 0.717) is 6.10 Å². The van der Waals surface area contributed by atoms with Crippen LogP contribution in [0.4, 0.5) is 0 Å². The molecule has 2 unspecified atom stereocenters. The molecule has 0 aliphatic carbocycles. The highest BCUT2D eigenvalue weighted by molar-refractivity contribution is 4.76. The van der Waals surface area contributed by atoms with Gasteiger partial charge in [-0.25, -0.2) is 0 Å². The first-order valence-corrected chi connectivity index (χ1v) is 6.90. The number of methoxy groups -OCH3 is 1. The van der Waals surface area contributed by atoms with Crippen LogP contribution in [0.15, 0.2) is 0 Å². The molecular formula is C13H28N2O2. The van der Waals surface area contributed by atoms with Crippen molar-refractivity contribution in [1.82, 2.24) is 10.6 Å². The number of rotatable bonds is 10. The highest BCUT2D eigenvalue weighted by Gasteiger charge is 2.25. The Kier molecular flexibility index (Phi) is 8.61. The molecule has 0 amide bonds. The van der Waals surface area contributed by atoms with Gasteiger partial charge >= 0.3 is 0 Å². The van der Waals surface area contributed by atoms with Gasteiger partial charge in [-0.1, -0.05) is 6.92 Å². The summed E-state index contributed by atoms with van der Waals surface area (Å²) < 4.78 is 10.6. The molecule has 0 aromatic heterocycles. The molecule has 0 bridgehead atoms. The first kappa shape index (κ1) is 14.9. The van der Waals surface area contributed by atoms with Crippen molar-refractivity contribution >= 4 is 0 Å². The SMILES string of the molecule is CCC1OCCC1CNCCCNCCOC. The van der Waals surface area contributed by atoms with Crippen molar-refractivity contribution in [2.75, 3.05) is 46.5 Å². The average Bonchev–Trinajstić information content (AvgIpc) is 2.80. The van der Waals surface area contributed by atoms with Crippen molar-refractivity contribution in [3.05, 3.63) is 0 Å². The monoisotopic (exact) mass is 244 g/mol. The molecule has 1 rings (SSSR count). The summed E-state index contributed by atoms with van der Waals surface area (Å²) in [5, 5.41) is 6.88. The Morgan fingerprint density at radius 1 is 1.24 bits per heavy atom. The lowest BCUT2D eigenvalue weighted by Gasteiger charge is -2.17. The van der Waals surface area contributed by atoms with Gasteiger partial charge in [0, 0.05) is 26.8 Å². The number of nitrogens with one attached hydrogen (secondary N) is 2. The van der Waals surface area contributed by atoms with Gasteiger partial charge in [0.1, 0.15) is 0 Å². The van der Waals surface area contributed by atoms with E-state index in [-0.39, 0.29) is 0 Å². The Morgan fingerprint density at radius 3 is 2.82 bits per heavy atom. The van der Waals surface area contributed by atoms with Crippen molar-refractivity contribution in [2.45, 2.75) is 32.3 Å². The average molecular weight is 244 g/mol. The van der Waals surface area contributed by atoms with E-state index in [9.17, 15) is 0 Å². The van der Waals surface area contributed by atoms with Gasteiger partial charge in [-0.2, -0.15) is 0 Å². The van der Waals surface area contributed by atoms with Crippen LogP contribution in [-0.4, -0.2) is 52.6 Å². The second kappa shape index (κ2) is 9.83. The van der Waals surface area contributed by atoms with E-state index in [0.717, 1.165) is 51.7 Å². The maximum Gasteiger partial charge on any atom is 0.0613 e. The molecule has 0 aromatic carbocycles. The quantitative estimate of drug-likeness (QED) is 0.563. The molecule has 1 aliphatic heterocycles. The normalized spacial score (nSPS) is 24.4.